The first-order valence-corrected chi connectivity index (χ1v) is 8.84. The fraction of sp³-hybridized carbons (Fsp3) is 0.190. The number of carbonyl (C=O) groups is 1. The van der Waals surface area contributed by atoms with Gasteiger partial charge in [0, 0.05) is 12.1 Å². The summed E-state index contributed by atoms with van der Waals surface area (Å²) in [4.78, 5) is 12.3. The maximum Gasteiger partial charge on any atom is 0.416 e. The predicted octanol–water partition coefficient (Wildman–Crippen LogP) is 4.67. The molecule has 0 unspecified atom stereocenters. The van der Waals surface area contributed by atoms with Gasteiger partial charge in [0.25, 0.3) is 5.91 Å². The number of alkyl halides is 3. The molecule has 0 aliphatic carbocycles. The molecule has 4 rings (SSSR count). The molecule has 2 aromatic carbocycles. The zero-order chi connectivity index (χ0) is 20.4. The molecule has 0 atom stereocenters. The number of halogens is 3. The fourth-order valence-electron chi connectivity index (χ4n) is 2.93. The summed E-state index contributed by atoms with van der Waals surface area (Å²) < 4.78 is 55.0. The van der Waals surface area contributed by atoms with Gasteiger partial charge in [-0.05, 0) is 42.0 Å². The van der Waals surface area contributed by atoms with E-state index < -0.39 is 17.6 Å². The number of ether oxygens (including phenoxy) is 2. The van der Waals surface area contributed by atoms with Crippen molar-refractivity contribution in [2.24, 2.45) is 0 Å². The van der Waals surface area contributed by atoms with E-state index in [1.54, 1.807) is 12.1 Å². The zero-order valence-corrected chi connectivity index (χ0v) is 15.1. The van der Waals surface area contributed by atoms with Gasteiger partial charge in [-0.3, -0.25) is 4.79 Å². The predicted molar refractivity (Wildman–Crippen MR) is 97.7 cm³/mol. The molecule has 150 valence electrons. The third-order valence-electron chi connectivity index (χ3n) is 4.36. The van der Waals surface area contributed by atoms with Crippen LogP contribution in [0, 0.1) is 0 Å². The number of amides is 1. The molecule has 1 aliphatic rings. The quantitative estimate of drug-likeness (QED) is 0.688. The van der Waals surface area contributed by atoms with Crippen LogP contribution < -0.4 is 14.8 Å². The normalized spacial score (nSPS) is 13.2. The number of carbonyl (C=O) groups excluding carboxylic acids is 1. The van der Waals surface area contributed by atoms with Crippen LogP contribution in [-0.2, 0) is 12.7 Å². The number of nitrogens with one attached hydrogen (secondary N) is 1. The standard InChI is InChI=1S/C21H16F3NO4/c22-21(23,24)15-3-1-2-14(11-15)16-6-7-18(29-16)20(26)25-12-13-4-5-17-19(10-13)28-9-8-27-17/h1-7,10-11H,8-9,12H2,(H,25,26). The van der Waals surface area contributed by atoms with Crippen LogP contribution in [0.1, 0.15) is 21.7 Å². The minimum Gasteiger partial charge on any atom is -0.486 e. The molecular formula is C21H16F3NO4. The number of rotatable bonds is 4. The number of hydrogen-bond acceptors (Lipinski definition) is 4. The first-order valence-electron chi connectivity index (χ1n) is 8.84. The molecule has 0 spiro atoms. The molecule has 1 amide bonds. The highest BCUT2D eigenvalue weighted by molar-refractivity contribution is 5.92. The first-order chi connectivity index (χ1) is 13.9. The van der Waals surface area contributed by atoms with Crippen LogP contribution in [0.3, 0.4) is 0 Å². The maximum atomic E-state index is 12.9. The van der Waals surface area contributed by atoms with Crippen molar-refractivity contribution >= 4 is 5.91 Å². The van der Waals surface area contributed by atoms with Crippen molar-refractivity contribution in [3.05, 3.63) is 71.5 Å². The van der Waals surface area contributed by atoms with Crippen molar-refractivity contribution in [1.29, 1.82) is 0 Å². The summed E-state index contributed by atoms with van der Waals surface area (Å²) in [7, 11) is 0. The lowest BCUT2D eigenvalue weighted by molar-refractivity contribution is -0.137. The number of fused-ring (bicyclic) bond motifs is 1. The Morgan fingerprint density at radius 2 is 1.76 bits per heavy atom. The molecule has 0 fully saturated rings. The van der Waals surface area contributed by atoms with E-state index in [0.717, 1.165) is 17.7 Å². The van der Waals surface area contributed by atoms with Crippen LogP contribution in [0.5, 0.6) is 11.5 Å². The Balaban J connectivity index is 1.44. The second kappa shape index (κ2) is 7.54. The largest absolute Gasteiger partial charge is 0.486 e. The van der Waals surface area contributed by atoms with Gasteiger partial charge in [0.1, 0.15) is 19.0 Å². The van der Waals surface area contributed by atoms with Crippen LogP contribution >= 0.6 is 0 Å². The van der Waals surface area contributed by atoms with Gasteiger partial charge in [-0.15, -0.1) is 0 Å². The summed E-state index contributed by atoms with van der Waals surface area (Å²) in [6, 6.07) is 13.0. The van der Waals surface area contributed by atoms with Gasteiger partial charge in [-0.1, -0.05) is 18.2 Å². The van der Waals surface area contributed by atoms with Crippen LogP contribution in [0.4, 0.5) is 13.2 Å². The Morgan fingerprint density at radius 1 is 0.966 bits per heavy atom. The molecule has 5 nitrogen and oxygen atoms in total. The first kappa shape index (κ1) is 18.9. The molecule has 0 saturated heterocycles. The average Bonchev–Trinajstić information content (AvgIpc) is 3.22. The van der Waals surface area contributed by atoms with Gasteiger partial charge in [-0.2, -0.15) is 13.2 Å². The maximum absolute atomic E-state index is 12.9. The van der Waals surface area contributed by atoms with E-state index in [1.165, 1.54) is 24.3 Å². The fourth-order valence-corrected chi connectivity index (χ4v) is 2.93. The Labute approximate surface area is 164 Å². The van der Waals surface area contributed by atoms with E-state index in [1.807, 2.05) is 6.07 Å². The Hall–Kier alpha value is -3.42. The number of furan rings is 1. The molecule has 0 radical (unpaired) electrons. The van der Waals surface area contributed by atoms with E-state index in [0.29, 0.717) is 24.7 Å². The second-order valence-electron chi connectivity index (χ2n) is 6.40. The summed E-state index contributed by atoms with van der Waals surface area (Å²) in [6.45, 7) is 1.19. The smallest absolute Gasteiger partial charge is 0.416 e. The van der Waals surface area contributed by atoms with E-state index in [-0.39, 0.29) is 23.6 Å². The van der Waals surface area contributed by atoms with Crippen molar-refractivity contribution in [2.45, 2.75) is 12.7 Å². The van der Waals surface area contributed by atoms with Crippen LogP contribution in [-0.4, -0.2) is 19.1 Å². The number of hydrogen-bond donors (Lipinski definition) is 1. The molecular weight excluding hydrogens is 387 g/mol. The minimum absolute atomic E-state index is 0.00922. The average molecular weight is 403 g/mol. The van der Waals surface area contributed by atoms with Gasteiger partial charge < -0.3 is 19.2 Å². The summed E-state index contributed by atoms with van der Waals surface area (Å²) in [5, 5.41) is 2.71. The van der Waals surface area contributed by atoms with Crippen LogP contribution in [0.25, 0.3) is 11.3 Å². The van der Waals surface area contributed by atoms with Gasteiger partial charge in [0.15, 0.2) is 17.3 Å². The lowest BCUT2D eigenvalue weighted by atomic mass is 10.1. The Morgan fingerprint density at radius 3 is 2.55 bits per heavy atom. The molecule has 8 heteroatoms. The second-order valence-corrected chi connectivity index (χ2v) is 6.40. The minimum atomic E-state index is -4.45. The topological polar surface area (TPSA) is 60.7 Å². The van der Waals surface area contributed by atoms with E-state index in [4.69, 9.17) is 13.9 Å². The summed E-state index contributed by atoms with van der Waals surface area (Å²) in [6.07, 6.45) is -4.45. The SMILES string of the molecule is O=C(NCc1ccc2c(c1)OCCO2)c1ccc(-c2cccc(C(F)(F)F)c2)o1. The molecule has 0 bridgehead atoms. The van der Waals surface area contributed by atoms with Crippen molar-refractivity contribution in [1.82, 2.24) is 5.32 Å². The molecule has 0 saturated carbocycles. The Bertz CT molecular complexity index is 1040. The molecule has 1 aromatic heterocycles. The van der Waals surface area contributed by atoms with Crippen molar-refractivity contribution in [3.8, 4) is 22.8 Å². The third kappa shape index (κ3) is 4.21. The monoisotopic (exact) mass is 403 g/mol. The molecule has 29 heavy (non-hydrogen) atoms. The summed E-state index contributed by atoms with van der Waals surface area (Å²) in [5.41, 5.74) is 0.272. The van der Waals surface area contributed by atoms with Gasteiger partial charge in [-0.25, -0.2) is 0 Å². The highest BCUT2D eigenvalue weighted by Gasteiger charge is 2.30. The molecule has 3 aromatic rings. The lowest BCUT2D eigenvalue weighted by Crippen LogP contribution is -2.22. The molecule has 1 N–H and O–H groups in total. The van der Waals surface area contributed by atoms with Crippen molar-refractivity contribution < 1.29 is 31.9 Å². The molecule has 2 heterocycles. The van der Waals surface area contributed by atoms with Crippen molar-refractivity contribution in [3.63, 3.8) is 0 Å². The van der Waals surface area contributed by atoms with Crippen LogP contribution in [0.15, 0.2) is 59.0 Å². The summed E-state index contributed by atoms with van der Waals surface area (Å²) in [5.74, 6) is 0.990. The van der Waals surface area contributed by atoms with E-state index in [2.05, 4.69) is 5.32 Å². The Kier molecular flexibility index (Phi) is 4.92. The zero-order valence-electron chi connectivity index (χ0n) is 15.1. The lowest BCUT2D eigenvalue weighted by Gasteiger charge is -2.18. The van der Waals surface area contributed by atoms with Gasteiger partial charge in [0.2, 0.25) is 0 Å². The van der Waals surface area contributed by atoms with Crippen molar-refractivity contribution in [2.75, 3.05) is 13.2 Å². The highest BCUT2D eigenvalue weighted by Crippen LogP contribution is 2.33. The third-order valence-corrected chi connectivity index (χ3v) is 4.36. The van der Waals surface area contributed by atoms with Gasteiger partial charge in [0.05, 0.1) is 5.56 Å². The van der Waals surface area contributed by atoms with Crippen LogP contribution in [0.2, 0.25) is 0 Å². The highest BCUT2D eigenvalue weighted by atomic mass is 19.4. The van der Waals surface area contributed by atoms with E-state index >= 15 is 0 Å². The van der Waals surface area contributed by atoms with Gasteiger partial charge >= 0.3 is 6.18 Å². The molecule has 1 aliphatic heterocycles. The van der Waals surface area contributed by atoms with E-state index in [9.17, 15) is 18.0 Å². The summed E-state index contributed by atoms with van der Waals surface area (Å²) >= 11 is 0. The number of benzene rings is 2.